The fraction of sp³-hybridized carbons (Fsp3) is 0.500. The van der Waals surface area contributed by atoms with Gasteiger partial charge in [0.1, 0.15) is 5.69 Å². The quantitative estimate of drug-likeness (QED) is 0.479. The van der Waals surface area contributed by atoms with E-state index < -0.39 is 4.92 Å². The van der Waals surface area contributed by atoms with Gasteiger partial charge in [0.15, 0.2) is 0 Å². The highest BCUT2D eigenvalue weighted by molar-refractivity contribution is 7.98. The molecule has 5 heteroatoms. The van der Waals surface area contributed by atoms with Gasteiger partial charge in [0.2, 0.25) is 0 Å². The van der Waals surface area contributed by atoms with E-state index in [4.69, 9.17) is 5.73 Å². The summed E-state index contributed by atoms with van der Waals surface area (Å²) in [6.07, 6.45) is 1.16. The van der Waals surface area contributed by atoms with Crippen LogP contribution in [0.25, 0.3) is 0 Å². The van der Waals surface area contributed by atoms with Crippen molar-refractivity contribution >= 4 is 23.1 Å². The fourth-order valence-corrected chi connectivity index (χ4v) is 2.50. The summed E-state index contributed by atoms with van der Waals surface area (Å²) in [6.45, 7) is 4.37. The van der Waals surface area contributed by atoms with Crippen LogP contribution in [0.3, 0.4) is 0 Å². The van der Waals surface area contributed by atoms with Crippen molar-refractivity contribution in [3.8, 4) is 0 Å². The first-order valence-corrected chi connectivity index (χ1v) is 6.80. The summed E-state index contributed by atoms with van der Waals surface area (Å²) in [5.74, 6) is 2.56. The zero-order chi connectivity index (χ0) is 12.8. The van der Waals surface area contributed by atoms with Crippen LogP contribution >= 0.6 is 11.8 Å². The SMILES string of the molecule is CCC(C)CSCc1ccc(N)c([N+](=O)[O-])c1. The van der Waals surface area contributed by atoms with E-state index in [1.807, 2.05) is 6.07 Å². The number of nitrogens with two attached hydrogens (primary N) is 1. The summed E-state index contributed by atoms with van der Waals surface area (Å²) in [4.78, 5) is 10.3. The zero-order valence-corrected chi connectivity index (χ0v) is 11.0. The van der Waals surface area contributed by atoms with Gasteiger partial charge < -0.3 is 5.73 Å². The van der Waals surface area contributed by atoms with Crippen LogP contribution in [0.5, 0.6) is 0 Å². The fourth-order valence-electron chi connectivity index (χ4n) is 1.33. The van der Waals surface area contributed by atoms with Crippen LogP contribution in [0, 0.1) is 16.0 Å². The molecule has 2 N–H and O–H groups in total. The molecule has 1 unspecified atom stereocenters. The van der Waals surface area contributed by atoms with Gasteiger partial charge >= 0.3 is 0 Å². The molecule has 0 aliphatic rings. The summed E-state index contributed by atoms with van der Waals surface area (Å²) >= 11 is 1.80. The van der Waals surface area contributed by atoms with Gasteiger partial charge in [-0.05, 0) is 23.3 Å². The van der Waals surface area contributed by atoms with Crippen molar-refractivity contribution in [3.05, 3.63) is 33.9 Å². The average Bonchev–Trinajstić information content (AvgIpc) is 2.30. The molecule has 0 amide bonds. The van der Waals surface area contributed by atoms with Crippen molar-refractivity contribution < 1.29 is 4.92 Å². The van der Waals surface area contributed by atoms with Crippen molar-refractivity contribution in [2.24, 2.45) is 5.92 Å². The topological polar surface area (TPSA) is 69.2 Å². The van der Waals surface area contributed by atoms with Crippen LogP contribution in [0.15, 0.2) is 18.2 Å². The Morgan fingerprint density at radius 2 is 2.24 bits per heavy atom. The van der Waals surface area contributed by atoms with Crippen molar-refractivity contribution in [2.45, 2.75) is 26.0 Å². The first-order valence-electron chi connectivity index (χ1n) is 5.65. The van der Waals surface area contributed by atoms with Crippen molar-refractivity contribution in [3.63, 3.8) is 0 Å². The Morgan fingerprint density at radius 1 is 1.53 bits per heavy atom. The van der Waals surface area contributed by atoms with E-state index in [9.17, 15) is 10.1 Å². The second kappa shape index (κ2) is 6.49. The van der Waals surface area contributed by atoms with E-state index in [0.717, 1.165) is 23.5 Å². The molecule has 1 atom stereocenters. The number of rotatable bonds is 6. The van der Waals surface area contributed by atoms with Crippen LogP contribution in [0.1, 0.15) is 25.8 Å². The summed E-state index contributed by atoms with van der Waals surface area (Å²) < 4.78 is 0. The normalized spacial score (nSPS) is 12.4. The smallest absolute Gasteiger partial charge is 0.292 e. The molecule has 1 aromatic rings. The molecular formula is C12H18N2O2S. The van der Waals surface area contributed by atoms with Crippen LogP contribution < -0.4 is 5.73 Å². The van der Waals surface area contributed by atoms with Crippen molar-refractivity contribution in [1.82, 2.24) is 0 Å². The van der Waals surface area contributed by atoms with E-state index in [2.05, 4.69) is 13.8 Å². The third-order valence-corrected chi connectivity index (χ3v) is 4.00. The summed E-state index contributed by atoms with van der Waals surface area (Å²) in [5, 5.41) is 10.7. The second-order valence-corrected chi connectivity index (χ2v) is 5.21. The Hall–Kier alpha value is -1.23. The Morgan fingerprint density at radius 3 is 2.82 bits per heavy atom. The lowest BCUT2D eigenvalue weighted by atomic mass is 10.2. The van der Waals surface area contributed by atoms with Gasteiger partial charge in [0.05, 0.1) is 4.92 Å². The Bertz CT molecular complexity index is 396. The minimum atomic E-state index is -0.432. The number of benzene rings is 1. The summed E-state index contributed by atoms with van der Waals surface area (Å²) in [6, 6.07) is 5.03. The van der Waals surface area contributed by atoms with E-state index in [0.29, 0.717) is 5.92 Å². The Kier molecular flexibility index (Phi) is 5.28. The maximum absolute atomic E-state index is 10.7. The molecule has 4 nitrogen and oxygen atoms in total. The second-order valence-electron chi connectivity index (χ2n) is 4.18. The van der Waals surface area contributed by atoms with Crippen molar-refractivity contribution in [2.75, 3.05) is 11.5 Å². The maximum Gasteiger partial charge on any atom is 0.292 e. The number of hydrogen-bond donors (Lipinski definition) is 1. The molecule has 0 radical (unpaired) electrons. The van der Waals surface area contributed by atoms with Crippen LogP contribution in [-0.4, -0.2) is 10.7 Å². The summed E-state index contributed by atoms with van der Waals surface area (Å²) in [5.41, 5.74) is 6.73. The zero-order valence-electron chi connectivity index (χ0n) is 10.2. The first-order chi connectivity index (χ1) is 8.04. The minimum absolute atomic E-state index is 0.00615. The molecule has 0 aliphatic heterocycles. The number of hydrogen-bond acceptors (Lipinski definition) is 4. The molecule has 1 rings (SSSR count). The number of nitrogens with zero attached hydrogens (tertiary/aromatic N) is 1. The molecule has 1 aromatic carbocycles. The maximum atomic E-state index is 10.7. The lowest BCUT2D eigenvalue weighted by Gasteiger charge is -2.07. The molecule has 0 fully saturated rings. The average molecular weight is 254 g/mol. The Labute approximate surface area is 106 Å². The predicted molar refractivity (Wildman–Crippen MR) is 73.1 cm³/mol. The van der Waals surface area contributed by atoms with Crippen LogP contribution in [0.4, 0.5) is 11.4 Å². The number of nitro groups is 1. The molecule has 0 bridgehead atoms. The highest BCUT2D eigenvalue weighted by atomic mass is 32.2. The highest BCUT2D eigenvalue weighted by Crippen LogP contribution is 2.25. The molecule has 0 saturated carbocycles. The monoisotopic (exact) mass is 254 g/mol. The van der Waals surface area contributed by atoms with Gasteiger partial charge in [0, 0.05) is 11.8 Å². The lowest BCUT2D eigenvalue weighted by molar-refractivity contribution is -0.383. The number of anilines is 1. The number of nitro benzene ring substituents is 1. The third-order valence-electron chi connectivity index (χ3n) is 2.66. The molecule has 0 spiro atoms. The number of thioether (sulfide) groups is 1. The largest absolute Gasteiger partial charge is 0.393 e. The molecule has 17 heavy (non-hydrogen) atoms. The number of nitrogen functional groups attached to an aromatic ring is 1. The van der Waals surface area contributed by atoms with E-state index in [1.54, 1.807) is 23.9 Å². The van der Waals surface area contributed by atoms with Gasteiger partial charge in [-0.15, -0.1) is 0 Å². The summed E-state index contributed by atoms with van der Waals surface area (Å²) in [7, 11) is 0. The molecule has 0 aliphatic carbocycles. The van der Waals surface area contributed by atoms with Gasteiger partial charge in [-0.3, -0.25) is 10.1 Å². The van der Waals surface area contributed by atoms with Gasteiger partial charge in [-0.2, -0.15) is 11.8 Å². The molecular weight excluding hydrogens is 236 g/mol. The standard InChI is InChI=1S/C12H18N2O2S/c1-3-9(2)7-17-8-10-4-5-11(13)12(6-10)14(15)16/h4-6,9H,3,7-8,13H2,1-2H3. The molecule has 0 aromatic heterocycles. The van der Waals surface area contributed by atoms with Gasteiger partial charge in [0.25, 0.3) is 5.69 Å². The molecule has 94 valence electrons. The van der Waals surface area contributed by atoms with Crippen LogP contribution in [0.2, 0.25) is 0 Å². The van der Waals surface area contributed by atoms with E-state index >= 15 is 0 Å². The minimum Gasteiger partial charge on any atom is -0.393 e. The van der Waals surface area contributed by atoms with E-state index in [1.165, 1.54) is 0 Å². The third kappa shape index (κ3) is 4.26. The Balaban J connectivity index is 2.60. The van der Waals surface area contributed by atoms with Gasteiger partial charge in [-0.25, -0.2) is 0 Å². The predicted octanol–water partition coefficient (Wildman–Crippen LogP) is 3.46. The van der Waals surface area contributed by atoms with Gasteiger partial charge in [-0.1, -0.05) is 26.3 Å². The molecule has 0 saturated heterocycles. The first kappa shape index (κ1) is 13.8. The van der Waals surface area contributed by atoms with Crippen molar-refractivity contribution in [1.29, 1.82) is 0 Å². The lowest BCUT2D eigenvalue weighted by Crippen LogP contribution is -1.98. The highest BCUT2D eigenvalue weighted by Gasteiger charge is 2.11. The molecule has 0 heterocycles. The van der Waals surface area contributed by atoms with E-state index in [-0.39, 0.29) is 11.4 Å². The van der Waals surface area contributed by atoms with Crippen LogP contribution in [-0.2, 0) is 5.75 Å².